The average molecular weight is 343 g/mol. The van der Waals surface area contributed by atoms with Gasteiger partial charge in [-0.2, -0.15) is 0 Å². The van der Waals surface area contributed by atoms with E-state index in [0.717, 1.165) is 18.4 Å². The highest BCUT2D eigenvalue weighted by atomic mass is 32.1. The Balaban J connectivity index is 1.74. The van der Waals surface area contributed by atoms with Crippen molar-refractivity contribution in [2.45, 2.75) is 25.4 Å². The summed E-state index contributed by atoms with van der Waals surface area (Å²) in [7, 11) is 0. The second kappa shape index (κ2) is 5.83. The summed E-state index contributed by atoms with van der Waals surface area (Å²) < 4.78 is 14.4. The summed E-state index contributed by atoms with van der Waals surface area (Å²) in [6, 6.07) is 6.23. The molecule has 1 N–H and O–H groups in total. The Hall–Kier alpha value is -2.54. The maximum atomic E-state index is 13.1. The van der Waals surface area contributed by atoms with Crippen molar-refractivity contribution in [2.24, 2.45) is 0 Å². The SMILES string of the molecule is O=C(Cn1cnc2scc(-c3ccc(F)cc3)c2c1=O)NC1CC1. The molecule has 0 atom stereocenters. The van der Waals surface area contributed by atoms with Crippen LogP contribution < -0.4 is 10.9 Å². The first-order valence-electron chi connectivity index (χ1n) is 7.64. The summed E-state index contributed by atoms with van der Waals surface area (Å²) in [5.74, 6) is -0.509. The number of halogens is 1. The van der Waals surface area contributed by atoms with Crippen LogP contribution in [0.4, 0.5) is 4.39 Å². The molecule has 5 nitrogen and oxygen atoms in total. The lowest BCUT2D eigenvalue weighted by atomic mass is 10.1. The molecule has 1 fully saturated rings. The summed E-state index contributed by atoms with van der Waals surface area (Å²) in [5.41, 5.74) is 1.21. The number of hydrogen-bond acceptors (Lipinski definition) is 4. The molecule has 0 unspecified atom stereocenters. The lowest BCUT2D eigenvalue weighted by Gasteiger charge is -2.07. The van der Waals surface area contributed by atoms with Crippen LogP contribution in [0.1, 0.15) is 12.8 Å². The van der Waals surface area contributed by atoms with E-state index in [0.29, 0.717) is 15.8 Å². The Morgan fingerprint density at radius 2 is 2.08 bits per heavy atom. The van der Waals surface area contributed by atoms with Gasteiger partial charge in [-0.05, 0) is 30.5 Å². The highest BCUT2D eigenvalue weighted by Crippen LogP contribution is 2.30. The highest BCUT2D eigenvalue weighted by Gasteiger charge is 2.23. The Bertz CT molecular complexity index is 974. The van der Waals surface area contributed by atoms with Crippen molar-refractivity contribution in [3.8, 4) is 11.1 Å². The molecule has 1 amide bonds. The molecule has 0 bridgehead atoms. The number of fused-ring (bicyclic) bond motifs is 1. The second-order valence-corrected chi connectivity index (χ2v) is 6.71. The van der Waals surface area contributed by atoms with Crippen LogP contribution in [0.5, 0.6) is 0 Å². The van der Waals surface area contributed by atoms with Crippen molar-refractivity contribution in [3.05, 3.63) is 52.1 Å². The topological polar surface area (TPSA) is 64.0 Å². The molecule has 2 heterocycles. The molecule has 0 aliphatic heterocycles. The average Bonchev–Trinajstić information content (AvgIpc) is 3.26. The molecule has 122 valence electrons. The second-order valence-electron chi connectivity index (χ2n) is 5.86. The molecular weight excluding hydrogens is 329 g/mol. The Morgan fingerprint density at radius 3 is 2.79 bits per heavy atom. The summed E-state index contributed by atoms with van der Waals surface area (Å²) in [5, 5.41) is 5.16. The van der Waals surface area contributed by atoms with Gasteiger partial charge in [-0.25, -0.2) is 9.37 Å². The van der Waals surface area contributed by atoms with Gasteiger partial charge in [-0.15, -0.1) is 11.3 Å². The number of carbonyl (C=O) groups excluding carboxylic acids is 1. The smallest absolute Gasteiger partial charge is 0.263 e. The fourth-order valence-corrected chi connectivity index (χ4v) is 3.48. The number of nitrogens with one attached hydrogen (secondary N) is 1. The van der Waals surface area contributed by atoms with Crippen LogP contribution in [0.2, 0.25) is 0 Å². The quantitative estimate of drug-likeness (QED) is 0.792. The number of nitrogens with zero attached hydrogens (tertiary/aromatic N) is 2. The van der Waals surface area contributed by atoms with Crippen LogP contribution >= 0.6 is 11.3 Å². The minimum Gasteiger partial charge on any atom is -0.352 e. The zero-order valence-corrected chi connectivity index (χ0v) is 13.5. The third-order valence-electron chi connectivity index (χ3n) is 3.97. The lowest BCUT2D eigenvalue weighted by Crippen LogP contribution is -2.33. The summed E-state index contributed by atoms with van der Waals surface area (Å²) >= 11 is 1.36. The lowest BCUT2D eigenvalue weighted by molar-refractivity contribution is -0.121. The van der Waals surface area contributed by atoms with Gasteiger partial charge in [0.2, 0.25) is 5.91 Å². The highest BCUT2D eigenvalue weighted by molar-refractivity contribution is 7.17. The summed E-state index contributed by atoms with van der Waals surface area (Å²) in [6.45, 7) is -0.0447. The maximum absolute atomic E-state index is 13.1. The largest absolute Gasteiger partial charge is 0.352 e. The predicted molar refractivity (Wildman–Crippen MR) is 90.4 cm³/mol. The number of rotatable bonds is 4. The number of amides is 1. The summed E-state index contributed by atoms with van der Waals surface area (Å²) in [4.78, 5) is 29.6. The standard InChI is InChI=1S/C17H14FN3O2S/c18-11-3-1-10(2-4-11)13-8-24-16-15(13)17(23)21(9-19-16)7-14(22)20-12-5-6-12/h1-4,8-9,12H,5-7H2,(H,20,22). The van der Waals surface area contributed by atoms with Gasteiger partial charge in [0.15, 0.2) is 0 Å². The van der Waals surface area contributed by atoms with E-state index in [1.54, 1.807) is 12.1 Å². The minimum absolute atomic E-state index is 0.0447. The molecule has 1 aliphatic carbocycles. The fourth-order valence-electron chi connectivity index (χ4n) is 2.58. The third kappa shape index (κ3) is 2.82. The molecule has 4 rings (SSSR count). The molecule has 1 saturated carbocycles. The number of carbonyl (C=O) groups is 1. The monoisotopic (exact) mass is 343 g/mol. The normalized spacial score (nSPS) is 14.0. The van der Waals surface area contributed by atoms with Gasteiger partial charge in [-0.3, -0.25) is 14.2 Å². The van der Waals surface area contributed by atoms with E-state index >= 15 is 0 Å². The number of thiophene rings is 1. The first kappa shape index (κ1) is 15.0. The van der Waals surface area contributed by atoms with Crippen LogP contribution in [-0.4, -0.2) is 21.5 Å². The zero-order valence-electron chi connectivity index (χ0n) is 12.7. The third-order valence-corrected chi connectivity index (χ3v) is 4.86. The molecular formula is C17H14FN3O2S. The molecule has 24 heavy (non-hydrogen) atoms. The molecule has 0 saturated heterocycles. The molecule has 3 aromatic rings. The first-order valence-corrected chi connectivity index (χ1v) is 8.52. The Labute approximate surface area is 140 Å². The van der Waals surface area contributed by atoms with E-state index < -0.39 is 0 Å². The fraction of sp³-hybridized carbons (Fsp3) is 0.235. The van der Waals surface area contributed by atoms with E-state index in [1.165, 1.54) is 34.4 Å². The van der Waals surface area contributed by atoms with Gasteiger partial charge >= 0.3 is 0 Å². The Morgan fingerprint density at radius 1 is 1.33 bits per heavy atom. The summed E-state index contributed by atoms with van der Waals surface area (Å²) in [6.07, 6.45) is 3.40. The number of hydrogen-bond donors (Lipinski definition) is 1. The van der Waals surface area contributed by atoms with E-state index in [9.17, 15) is 14.0 Å². The van der Waals surface area contributed by atoms with Crippen LogP contribution in [0.3, 0.4) is 0 Å². The van der Waals surface area contributed by atoms with Gasteiger partial charge in [0.25, 0.3) is 5.56 Å². The van der Waals surface area contributed by atoms with Gasteiger partial charge in [0.1, 0.15) is 17.2 Å². The van der Waals surface area contributed by atoms with Crippen molar-refractivity contribution in [1.29, 1.82) is 0 Å². The van der Waals surface area contributed by atoms with E-state index in [1.807, 2.05) is 5.38 Å². The van der Waals surface area contributed by atoms with Gasteiger partial charge in [0, 0.05) is 17.0 Å². The van der Waals surface area contributed by atoms with Gasteiger partial charge < -0.3 is 5.32 Å². The van der Waals surface area contributed by atoms with Crippen molar-refractivity contribution in [2.75, 3.05) is 0 Å². The van der Waals surface area contributed by atoms with Crippen LogP contribution in [0.25, 0.3) is 21.3 Å². The van der Waals surface area contributed by atoms with Crippen LogP contribution in [0, 0.1) is 5.82 Å². The maximum Gasteiger partial charge on any atom is 0.263 e. The zero-order chi connectivity index (χ0) is 16.7. The van der Waals surface area contributed by atoms with Crippen LogP contribution in [-0.2, 0) is 11.3 Å². The molecule has 1 aromatic carbocycles. The van der Waals surface area contributed by atoms with Crippen molar-refractivity contribution >= 4 is 27.5 Å². The van der Waals surface area contributed by atoms with Gasteiger partial charge in [-0.1, -0.05) is 12.1 Å². The van der Waals surface area contributed by atoms with Crippen molar-refractivity contribution < 1.29 is 9.18 Å². The number of benzene rings is 1. The predicted octanol–water partition coefficient (Wildman–Crippen LogP) is 2.54. The van der Waals surface area contributed by atoms with Crippen molar-refractivity contribution in [1.82, 2.24) is 14.9 Å². The van der Waals surface area contributed by atoms with Crippen LogP contribution in [0.15, 0.2) is 40.8 Å². The van der Waals surface area contributed by atoms with Gasteiger partial charge in [0.05, 0.1) is 11.7 Å². The minimum atomic E-state index is -0.328. The van der Waals surface area contributed by atoms with E-state index in [2.05, 4.69) is 10.3 Å². The molecule has 0 spiro atoms. The van der Waals surface area contributed by atoms with E-state index in [4.69, 9.17) is 0 Å². The molecule has 2 aromatic heterocycles. The van der Waals surface area contributed by atoms with Crippen molar-refractivity contribution in [3.63, 3.8) is 0 Å². The van der Waals surface area contributed by atoms with E-state index in [-0.39, 0.29) is 29.9 Å². The molecule has 1 aliphatic rings. The molecule has 7 heteroatoms. The molecule has 0 radical (unpaired) electrons. The Kier molecular flexibility index (Phi) is 3.65. The first-order chi connectivity index (χ1) is 11.6. The number of aromatic nitrogens is 2.